The third-order valence-corrected chi connectivity index (χ3v) is 3.77. The van der Waals surface area contributed by atoms with E-state index in [-0.39, 0.29) is 0 Å². The van der Waals surface area contributed by atoms with Crippen molar-refractivity contribution in [2.45, 2.75) is 45.7 Å². The molecule has 1 fully saturated rings. The fourth-order valence-corrected chi connectivity index (χ4v) is 2.29. The molecule has 3 heteroatoms. The molecule has 1 aromatic heterocycles. The van der Waals surface area contributed by atoms with Crippen LogP contribution in [0.4, 0.5) is 0 Å². The molecule has 21 heavy (non-hydrogen) atoms. The summed E-state index contributed by atoms with van der Waals surface area (Å²) in [6, 6.07) is 11.0. The van der Waals surface area contributed by atoms with Crippen LogP contribution in [0.1, 0.15) is 36.6 Å². The largest absolute Gasteiger partial charge is 0.457 e. The first-order chi connectivity index (χ1) is 10.2. The van der Waals surface area contributed by atoms with Gasteiger partial charge in [0.15, 0.2) is 0 Å². The first-order valence-electron chi connectivity index (χ1n) is 7.70. The van der Waals surface area contributed by atoms with Crippen molar-refractivity contribution in [3.8, 4) is 11.5 Å². The number of hydrogen-bond donors (Lipinski definition) is 1. The van der Waals surface area contributed by atoms with Crippen LogP contribution in [-0.4, -0.2) is 11.0 Å². The van der Waals surface area contributed by atoms with Crippen molar-refractivity contribution in [1.29, 1.82) is 0 Å². The predicted octanol–water partition coefficient (Wildman–Crippen LogP) is 4.00. The smallest absolute Gasteiger partial charge is 0.135 e. The van der Waals surface area contributed by atoms with Gasteiger partial charge >= 0.3 is 0 Å². The maximum Gasteiger partial charge on any atom is 0.135 e. The molecule has 110 valence electrons. The van der Waals surface area contributed by atoms with Crippen molar-refractivity contribution < 1.29 is 4.74 Å². The Hall–Kier alpha value is -1.87. The highest BCUT2D eigenvalue weighted by molar-refractivity contribution is 5.39. The van der Waals surface area contributed by atoms with Gasteiger partial charge in [-0.05, 0) is 43.9 Å². The van der Waals surface area contributed by atoms with Crippen LogP contribution in [0.2, 0.25) is 0 Å². The topological polar surface area (TPSA) is 34.1 Å². The van der Waals surface area contributed by atoms with E-state index >= 15 is 0 Å². The summed E-state index contributed by atoms with van der Waals surface area (Å²) < 4.78 is 6.11. The van der Waals surface area contributed by atoms with Gasteiger partial charge in [-0.2, -0.15) is 0 Å². The molecule has 3 nitrogen and oxygen atoms in total. The molecule has 0 unspecified atom stereocenters. The number of rotatable bonds is 6. The molecule has 1 aliphatic rings. The summed E-state index contributed by atoms with van der Waals surface area (Å²) in [4.78, 5) is 4.39. The van der Waals surface area contributed by atoms with Crippen LogP contribution in [0.3, 0.4) is 0 Å². The molecule has 1 heterocycles. The molecule has 2 aromatic rings. The van der Waals surface area contributed by atoms with E-state index in [4.69, 9.17) is 4.74 Å². The molecule has 1 aliphatic carbocycles. The van der Waals surface area contributed by atoms with Crippen molar-refractivity contribution >= 4 is 0 Å². The van der Waals surface area contributed by atoms with Crippen molar-refractivity contribution in [3.05, 3.63) is 53.3 Å². The van der Waals surface area contributed by atoms with Crippen molar-refractivity contribution in [3.63, 3.8) is 0 Å². The average molecular weight is 282 g/mol. The highest BCUT2D eigenvalue weighted by Crippen LogP contribution is 2.27. The molecule has 1 aromatic carbocycles. The number of hydrogen-bond acceptors (Lipinski definition) is 3. The summed E-state index contributed by atoms with van der Waals surface area (Å²) in [5.41, 5.74) is 3.39. The van der Waals surface area contributed by atoms with Gasteiger partial charge in [0.05, 0.1) is 0 Å². The van der Waals surface area contributed by atoms with E-state index in [1.54, 1.807) is 0 Å². The molecule has 0 radical (unpaired) electrons. The van der Waals surface area contributed by atoms with Crippen LogP contribution in [0.15, 0.2) is 36.5 Å². The number of aryl methyl sites for hydroxylation is 2. The monoisotopic (exact) mass is 282 g/mol. The maximum atomic E-state index is 6.11. The first-order valence-corrected chi connectivity index (χ1v) is 7.70. The highest BCUT2D eigenvalue weighted by atomic mass is 16.5. The van der Waals surface area contributed by atoms with E-state index in [9.17, 15) is 0 Å². The molecule has 0 spiro atoms. The predicted molar refractivity (Wildman–Crippen MR) is 84.7 cm³/mol. The SMILES string of the molecule is CCc1cccc(Oc2cc(C)ncc2CNC2CC2)c1. The number of ether oxygens (including phenoxy) is 1. The summed E-state index contributed by atoms with van der Waals surface area (Å²) in [7, 11) is 0. The Labute approximate surface area is 126 Å². The zero-order valence-corrected chi connectivity index (χ0v) is 12.7. The zero-order chi connectivity index (χ0) is 14.7. The van der Waals surface area contributed by atoms with Gasteiger partial charge in [-0.1, -0.05) is 19.1 Å². The summed E-state index contributed by atoms with van der Waals surface area (Å²) in [6.45, 7) is 4.97. The number of nitrogens with zero attached hydrogens (tertiary/aromatic N) is 1. The van der Waals surface area contributed by atoms with Gasteiger partial charge in [0, 0.05) is 36.1 Å². The Bertz CT molecular complexity index is 620. The number of nitrogens with one attached hydrogen (secondary N) is 1. The van der Waals surface area contributed by atoms with Gasteiger partial charge in [-0.3, -0.25) is 4.98 Å². The quantitative estimate of drug-likeness (QED) is 0.869. The average Bonchev–Trinajstić information content (AvgIpc) is 3.31. The fourth-order valence-electron chi connectivity index (χ4n) is 2.29. The Morgan fingerprint density at radius 3 is 2.90 bits per heavy atom. The molecule has 0 aliphatic heterocycles. The third kappa shape index (κ3) is 3.82. The van der Waals surface area contributed by atoms with Crippen LogP contribution in [0, 0.1) is 6.92 Å². The van der Waals surface area contributed by atoms with Crippen LogP contribution in [-0.2, 0) is 13.0 Å². The summed E-state index contributed by atoms with van der Waals surface area (Å²) in [5, 5.41) is 3.52. The lowest BCUT2D eigenvalue weighted by atomic mass is 10.1. The lowest BCUT2D eigenvalue weighted by Gasteiger charge is -2.13. The Morgan fingerprint density at radius 2 is 2.14 bits per heavy atom. The molecule has 0 bridgehead atoms. The van der Waals surface area contributed by atoms with Crippen molar-refractivity contribution in [2.75, 3.05) is 0 Å². The number of benzene rings is 1. The van der Waals surface area contributed by atoms with E-state index < -0.39 is 0 Å². The van der Waals surface area contributed by atoms with Gasteiger partial charge in [0.25, 0.3) is 0 Å². The van der Waals surface area contributed by atoms with E-state index in [0.29, 0.717) is 6.04 Å². The molecule has 0 atom stereocenters. The molecule has 1 saturated carbocycles. The summed E-state index contributed by atoms with van der Waals surface area (Å²) in [5.74, 6) is 1.80. The Morgan fingerprint density at radius 1 is 1.29 bits per heavy atom. The second-order valence-electron chi connectivity index (χ2n) is 5.69. The lowest BCUT2D eigenvalue weighted by Crippen LogP contribution is -2.16. The van der Waals surface area contributed by atoms with Crippen LogP contribution < -0.4 is 10.1 Å². The number of pyridine rings is 1. The standard InChI is InChI=1S/C18H22N2O/c1-3-14-5-4-6-17(10-14)21-18-9-13(2)19-11-15(18)12-20-16-7-8-16/h4-6,9-11,16,20H,3,7-8,12H2,1-2H3. The molecule has 3 rings (SSSR count). The molecular formula is C18H22N2O. The minimum atomic E-state index is 0.683. The van der Waals surface area contributed by atoms with E-state index in [1.165, 1.54) is 18.4 Å². The maximum absolute atomic E-state index is 6.11. The second-order valence-corrected chi connectivity index (χ2v) is 5.69. The van der Waals surface area contributed by atoms with E-state index in [1.807, 2.05) is 31.3 Å². The zero-order valence-electron chi connectivity index (χ0n) is 12.7. The normalized spacial score (nSPS) is 14.2. The van der Waals surface area contributed by atoms with E-state index in [0.717, 1.165) is 35.7 Å². The molecule has 0 saturated heterocycles. The molecular weight excluding hydrogens is 260 g/mol. The van der Waals surface area contributed by atoms with Crippen LogP contribution in [0.5, 0.6) is 11.5 Å². The van der Waals surface area contributed by atoms with Gasteiger partial charge < -0.3 is 10.1 Å². The molecule has 0 amide bonds. The highest BCUT2D eigenvalue weighted by Gasteiger charge is 2.20. The van der Waals surface area contributed by atoms with E-state index in [2.05, 4.69) is 29.4 Å². The first kappa shape index (κ1) is 14.1. The van der Waals surface area contributed by atoms with Crippen LogP contribution in [0.25, 0.3) is 0 Å². The van der Waals surface area contributed by atoms with Gasteiger partial charge in [0.1, 0.15) is 11.5 Å². The minimum Gasteiger partial charge on any atom is -0.457 e. The third-order valence-electron chi connectivity index (χ3n) is 3.77. The molecule has 1 N–H and O–H groups in total. The Kier molecular flexibility index (Phi) is 4.20. The Balaban J connectivity index is 1.79. The van der Waals surface area contributed by atoms with Crippen molar-refractivity contribution in [2.24, 2.45) is 0 Å². The van der Waals surface area contributed by atoms with Gasteiger partial charge in [-0.25, -0.2) is 0 Å². The second kappa shape index (κ2) is 6.27. The van der Waals surface area contributed by atoms with Crippen LogP contribution >= 0.6 is 0 Å². The lowest BCUT2D eigenvalue weighted by molar-refractivity contribution is 0.470. The van der Waals surface area contributed by atoms with Gasteiger partial charge in [0.2, 0.25) is 0 Å². The van der Waals surface area contributed by atoms with Crippen molar-refractivity contribution in [1.82, 2.24) is 10.3 Å². The minimum absolute atomic E-state index is 0.683. The number of aromatic nitrogens is 1. The van der Waals surface area contributed by atoms with Gasteiger partial charge in [-0.15, -0.1) is 0 Å². The summed E-state index contributed by atoms with van der Waals surface area (Å²) in [6.07, 6.45) is 5.51. The summed E-state index contributed by atoms with van der Waals surface area (Å²) >= 11 is 0. The fraction of sp³-hybridized carbons (Fsp3) is 0.389.